The fourth-order valence-electron chi connectivity index (χ4n) is 5.19. The third-order valence-electron chi connectivity index (χ3n) is 6.35. The third kappa shape index (κ3) is 2.24. The Bertz CT molecular complexity index is 668. The molecule has 5 rings (SSSR count). The highest BCUT2D eigenvalue weighted by Gasteiger charge is 2.63. The van der Waals surface area contributed by atoms with E-state index in [0.29, 0.717) is 5.92 Å². The second-order valence-electron chi connectivity index (χ2n) is 7.75. The molecule has 5 heteroatoms. The van der Waals surface area contributed by atoms with Crippen molar-refractivity contribution in [1.82, 2.24) is 0 Å². The van der Waals surface area contributed by atoms with E-state index in [9.17, 15) is 9.59 Å². The molecule has 128 valence electrons. The highest BCUT2D eigenvalue weighted by Crippen LogP contribution is 2.55. The summed E-state index contributed by atoms with van der Waals surface area (Å²) in [7, 11) is 0. The minimum Gasteiger partial charge on any atom is -0.458 e. The summed E-state index contributed by atoms with van der Waals surface area (Å²) >= 11 is 1.61. The smallest absolute Gasteiger partial charge is 0.348 e. The van der Waals surface area contributed by atoms with E-state index in [2.05, 4.69) is 0 Å². The molecule has 1 saturated heterocycles. The lowest BCUT2D eigenvalue weighted by molar-refractivity contribution is -0.146. The third-order valence-corrected chi connectivity index (χ3v) is 7.57. The van der Waals surface area contributed by atoms with Crippen molar-refractivity contribution in [3.8, 4) is 0 Å². The average Bonchev–Trinajstić information content (AvgIpc) is 3.24. The Labute approximate surface area is 145 Å². The maximum absolute atomic E-state index is 12.7. The number of rotatable bonds is 2. The van der Waals surface area contributed by atoms with E-state index in [1.165, 1.54) is 36.1 Å². The summed E-state index contributed by atoms with van der Waals surface area (Å²) in [5, 5.41) is 0. The van der Waals surface area contributed by atoms with Crippen LogP contribution in [0.25, 0.3) is 0 Å². The van der Waals surface area contributed by atoms with Crippen molar-refractivity contribution in [2.45, 2.75) is 63.6 Å². The highest BCUT2D eigenvalue weighted by atomic mass is 32.1. The van der Waals surface area contributed by atoms with Gasteiger partial charge < -0.3 is 9.47 Å². The van der Waals surface area contributed by atoms with Crippen LogP contribution < -0.4 is 0 Å². The van der Waals surface area contributed by atoms with Crippen LogP contribution in [0.2, 0.25) is 0 Å². The van der Waals surface area contributed by atoms with Gasteiger partial charge >= 0.3 is 11.9 Å². The lowest BCUT2D eigenvalue weighted by Crippen LogP contribution is -2.35. The number of carbonyl (C=O) groups is 2. The molecule has 1 aromatic rings. The normalized spacial score (nSPS) is 36.8. The van der Waals surface area contributed by atoms with E-state index in [4.69, 9.17) is 9.47 Å². The number of carbonyl (C=O) groups excluding carboxylic acids is 2. The Kier molecular flexibility index (Phi) is 3.47. The van der Waals surface area contributed by atoms with Crippen LogP contribution in [0, 0.1) is 17.8 Å². The van der Waals surface area contributed by atoms with E-state index in [1.807, 2.05) is 6.07 Å². The van der Waals surface area contributed by atoms with E-state index < -0.39 is 0 Å². The van der Waals surface area contributed by atoms with Crippen LogP contribution >= 0.6 is 11.3 Å². The highest BCUT2D eigenvalue weighted by molar-refractivity contribution is 7.14. The molecule has 0 spiro atoms. The fraction of sp³-hybridized carbons (Fsp3) is 0.684. The van der Waals surface area contributed by atoms with Gasteiger partial charge in [-0.3, -0.25) is 4.79 Å². The van der Waals surface area contributed by atoms with Gasteiger partial charge in [-0.1, -0.05) is 12.8 Å². The van der Waals surface area contributed by atoms with Crippen molar-refractivity contribution in [1.29, 1.82) is 0 Å². The van der Waals surface area contributed by atoms with E-state index in [1.54, 1.807) is 11.3 Å². The summed E-state index contributed by atoms with van der Waals surface area (Å²) < 4.78 is 11.3. The summed E-state index contributed by atoms with van der Waals surface area (Å²) in [5.41, 5.74) is 1.34. The molecule has 2 heterocycles. The van der Waals surface area contributed by atoms with Gasteiger partial charge in [0.2, 0.25) is 0 Å². The van der Waals surface area contributed by atoms with Gasteiger partial charge in [0.05, 0.1) is 5.92 Å². The molecule has 0 aromatic carbocycles. The van der Waals surface area contributed by atoms with Crippen LogP contribution in [-0.4, -0.2) is 24.1 Å². The second kappa shape index (κ2) is 5.58. The maximum atomic E-state index is 12.7. The SMILES string of the molecule is O=C(O[C@@H]1[C@@H]2C[C@@H]3[C@H]1OC(=O)[C@@H]3C2)c1cc2c(s1)CCCCCC2. The average molecular weight is 346 g/mol. The summed E-state index contributed by atoms with van der Waals surface area (Å²) in [6.45, 7) is 0. The van der Waals surface area contributed by atoms with Crippen molar-refractivity contribution < 1.29 is 19.1 Å². The summed E-state index contributed by atoms with van der Waals surface area (Å²) in [4.78, 5) is 26.6. The molecule has 4 aliphatic rings. The molecule has 3 aliphatic carbocycles. The van der Waals surface area contributed by atoms with Gasteiger partial charge in [0.25, 0.3) is 0 Å². The van der Waals surface area contributed by atoms with E-state index >= 15 is 0 Å². The Morgan fingerprint density at radius 3 is 2.88 bits per heavy atom. The Balaban J connectivity index is 1.33. The number of esters is 2. The zero-order valence-electron chi connectivity index (χ0n) is 13.7. The lowest BCUT2D eigenvalue weighted by atomic mass is 9.88. The van der Waals surface area contributed by atoms with Crippen molar-refractivity contribution in [2.24, 2.45) is 17.8 Å². The van der Waals surface area contributed by atoms with Crippen LogP contribution in [0.5, 0.6) is 0 Å². The standard InChI is InChI=1S/C19H22O4S/c20-18-13-8-11-7-12(13)17(23-18)16(11)22-19(21)15-9-10-5-3-1-2-4-6-14(10)24-15/h9,11-13,16-17H,1-8H2/t11-,12+,13-,16-,17-/m1/s1. The molecular weight excluding hydrogens is 324 g/mol. The fourth-order valence-corrected chi connectivity index (χ4v) is 6.33. The maximum Gasteiger partial charge on any atom is 0.348 e. The number of hydrogen-bond donors (Lipinski definition) is 0. The van der Waals surface area contributed by atoms with Crippen LogP contribution in [0.15, 0.2) is 6.07 Å². The van der Waals surface area contributed by atoms with Gasteiger partial charge in [0.15, 0.2) is 0 Å². The first-order chi connectivity index (χ1) is 11.7. The van der Waals surface area contributed by atoms with E-state index in [0.717, 1.165) is 30.6 Å². The molecule has 0 amide bonds. The molecule has 5 atom stereocenters. The van der Waals surface area contributed by atoms with Gasteiger partial charge in [-0.15, -0.1) is 11.3 Å². The van der Waals surface area contributed by atoms with Crippen LogP contribution in [0.1, 0.15) is 58.6 Å². The molecule has 3 fully saturated rings. The van der Waals surface area contributed by atoms with Crippen molar-refractivity contribution >= 4 is 23.3 Å². The van der Waals surface area contributed by atoms with Gasteiger partial charge in [-0.2, -0.15) is 0 Å². The first kappa shape index (κ1) is 14.9. The minimum absolute atomic E-state index is 0.0662. The van der Waals surface area contributed by atoms with Gasteiger partial charge in [0.1, 0.15) is 17.1 Å². The molecule has 2 bridgehead atoms. The number of aryl methyl sites for hydroxylation is 2. The second-order valence-corrected chi connectivity index (χ2v) is 8.88. The topological polar surface area (TPSA) is 52.6 Å². The first-order valence-electron chi connectivity index (χ1n) is 9.24. The first-order valence-corrected chi connectivity index (χ1v) is 10.1. The van der Waals surface area contributed by atoms with Crippen LogP contribution in [0.3, 0.4) is 0 Å². The van der Waals surface area contributed by atoms with Crippen molar-refractivity contribution in [3.63, 3.8) is 0 Å². The van der Waals surface area contributed by atoms with Gasteiger partial charge in [0, 0.05) is 16.7 Å². The molecule has 0 N–H and O–H groups in total. The Morgan fingerprint density at radius 2 is 2.00 bits per heavy atom. The van der Waals surface area contributed by atoms with Crippen LogP contribution in [-0.2, 0) is 27.1 Å². The van der Waals surface area contributed by atoms with Crippen molar-refractivity contribution in [3.05, 3.63) is 21.4 Å². The molecule has 0 radical (unpaired) electrons. The quantitative estimate of drug-likeness (QED) is 0.769. The molecule has 24 heavy (non-hydrogen) atoms. The predicted molar refractivity (Wildman–Crippen MR) is 89.0 cm³/mol. The number of ether oxygens (including phenoxy) is 2. The zero-order chi connectivity index (χ0) is 16.3. The molecule has 0 unspecified atom stereocenters. The molecule has 1 aromatic heterocycles. The molecular formula is C19H22O4S. The van der Waals surface area contributed by atoms with Gasteiger partial charge in [-0.25, -0.2) is 4.79 Å². The molecule has 2 saturated carbocycles. The number of fused-ring (bicyclic) bond motifs is 2. The zero-order valence-corrected chi connectivity index (χ0v) is 14.5. The number of thiophene rings is 1. The molecule has 4 nitrogen and oxygen atoms in total. The summed E-state index contributed by atoms with van der Waals surface area (Å²) in [6, 6.07) is 2.05. The monoisotopic (exact) mass is 346 g/mol. The van der Waals surface area contributed by atoms with Gasteiger partial charge in [-0.05, 0) is 50.2 Å². The number of hydrogen-bond acceptors (Lipinski definition) is 5. The summed E-state index contributed by atoms with van der Waals surface area (Å²) in [6.07, 6.45) is 8.56. The Hall–Kier alpha value is -1.36. The van der Waals surface area contributed by atoms with E-state index in [-0.39, 0.29) is 36.0 Å². The van der Waals surface area contributed by atoms with Crippen molar-refractivity contribution in [2.75, 3.05) is 0 Å². The van der Waals surface area contributed by atoms with Crippen LogP contribution in [0.4, 0.5) is 0 Å². The Morgan fingerprint density at radius 1 is 1.17 bits per heavy atom. The summed E-state index contributed by atoms with van der Waals surface area (Å²) in [5.74, 6) is 0.357. The minimum atomic E-state index is -0.227. The lowest BCUT2D eigenvalue weighted by Gasteiger charge is -2.24. The predicted octanol–water partition coefficient (Wildman–Crippen LogP) is 3.51. The molecule has 1 aliphatic heterocycles. The largest absolute Gasteiger partial charge is 0.458 e.